The van der Waals surface area contributed by atoms with E-state index in [9.17, 15) is 22.7 Å². The van der Waals surface area contributed by atoms with E-state index < -0.39 is 24.4 Å². The molecule has 108 valence electrons. The fourth-order valence-corrected chi connectivity index (χ4v) is 1.27. The van der Waals surface area contributed by atoms with Crippen molar-refractivity contribution in [3.05, 3.63) is 24.3 Å². The van der Waals surface area contributed by atoms with E-state index in [0.717, 1.165) is 12.1 Å². The van der Waals surface area contributed by atoms with Crippen LogP contribution in [0, 0.1) is 0 Å². The van der Waals surface area contributed by atoms with Crippen LogP contribution < -0.4 is 10.1 Å². The molecule has 0 amide bonds. The Balaban J connectivity index is 2.67. The molecule has 0 fully saturated rings. The van der Waals surface area contributed by atoms with E-state index in [2.05, 4.69) is 10.1 Å². The summed E-state index contributed by atoms with van der Waals surface area (Å²) < 4.78 is 53.2. The lowest BCUT2D eigenvalue weighted by atomic mass is 10.3. The van der Waals surface area contributed by atoms with Crippen LogP contribution in [-0.4, -0.2) is 36.2 Å². The van der Waals surface area contributed by atoms with Gasteiger partial charge in [0, 0.05) is 18.3 Å². The maximum Gasteiger partial charge on any atom is 0.461 e. The average Bonchev–Trinajstić information content (AvgIpc) is 2.35. The van der Waals surface area contributed by atoms with Crippen LogP contribution in [0.15, 0.2) is 24.3 Å². The van der Waals surface area contributed by atoms with Crippen molar-refractivity contribution in [2.24, 2.45) is 0 Å². The molecule has 0 saturated heterocycles. The van der Waals surface area contributed by atoms with Gasteiger partial charge in [-0.1, -0.05) is 6.07 Å². The maximum atomic E-state index is 12.7. The highest BCUT2D eigenvalue weighted by atomic mass is 35.5. The number of rotatable bonds is 7. The molecule has 3 nitrogen and oxygen atoms in total. The lowest BCUT2D eigenvalue weighted by molar-refractivity contribution is -0.253. The summed E-state index contributed by atoms with van der Waals surface area (Å²) in [6, 6.07) is 5.11. The average molecular weight is 302 g/mol. The van der Waals surface area contributed by atoms with Crippen LogP contribution in [-0.2, 0) is 0 Å². The van der Waals surface area contributed by atoms with E-state index in [-0.39, 0.29) is 12.4 Å². The van der Waals surface area contributed by atoms with Gasteiger partial charge < -0.3 is 15.2 Å². The molecule has 1 unspecified atom stereocenters. The lowest BCUT2D eigenvalue weighted by Gasteiger charge is -2.17. The molecule has 19 heavy (non-hydrogen) atoms. The van der Waals surface area contributed by atoms with Crippen LogP contribution in [0.3, 0.4) is 0 Å². The monoisotopic (exact) mass is 301 g/mol. The van der Waals surface area contributed by atoms with Crippen molar-refractivity contribution < 1.29 is 27.4 Å². The van der Waals surface area contributed by atoms with Gasteiger partial charge >= 0.3 is 12.5 Å². The summed E-state index contributed by atoms with van der Waals surface area (Å²) in [6.07, 6.45) is -9.27. The molecule has 1 atom stereocenters. The third-order valence-corrected chi connectivity index (χ3v) is 2.42. The highest BCUT2D eigenvalue weighted by Crippen LogP contribution is 2.28. The van der Waals surface area contributed by atoms with Crippen LogP contribution in [0.4, 0.5) is 23.2 Å². The molecule has 0 aliphatic rings. The van der Waals surface area contributed by atoms with Crippen molar-refractivity contribution in [3.8, 4) is 5.75 Å². The molecular weight excluding hydrogens is 290 g/mol. The first-order chi connectivity index (χ1) is 8.85. The van der Waals surface area contributed by atoms with Crippen molar-refractivity contribution in [2.45, 2.75) is 18.6 Å². The summed E-state index contributed by atoms with van der Waals surface area (Å²) in [7, 11) is 0. The number of ether oxygens (including phenoxy) is 1. The summed E-state index contributed by atoms with van der Waals surface area (Å²) in [5.74, 6) is -0.400. The summed E-state index contributed by atoms with van der Waals surface area (Å²) in [4.78, 5) is 0. The number of alkyl halides is 5. The first-order valence-corrected chi connectivity index (χ1v) is 5.81. The minimum atomic E-state index is -4.55. The number of benzene rings is 1. The molecule has 0 aliphatic carbocycles. The molecular formula is C11H12ClF4NO2. The van der Waals surface area contributed by atoms with Gasteiger partial charge in [-0.3, -0.25) is 0 Å². The Labute approximate surface area is 112 Å². The van der Waals surface area contributed by atoms with Gasteiger partial charge in [0.2, 0.25) is 0 Å². The molecule has 0 bridgehead atoms. The number of hydrogen-bond acceptors (Lipinski definition) is 3. The normalized spacial score (nSPS) is 13.4. The Bertz CT molecular complexity index is 406. The Morgan fingerprint density at radius 3 is 2.63 bits per heavy atom. The molecule has 1 rings (SSSR count). The minimum Gasteiger partial charge on any atom is -0.428 e. The zero-order valence-electron chi connectivity index (χ0n) is 9.62. The van der Waals surface area contributed by atoms with Gasteiger partial charge in [-0.25, -0.2) is 0 Å². The fraction of sp³-hybridized carbons (Fsp3) is 0.455. The summed E-state index contributed by atoms with van der Waals surface area (Å²) in [6.45, 7) is 0.0954. The van der Waals surface area contributed by atoms with Gasteiger partial charge in [0.1, 0.15) is 5.75 Å². The molecule has 0 heterocycles. The van der Waals surface area contributed by atoms with Gasteiger partial charge in [-0.15, -0.1) is 11.6 Å². The topological polar surface area (TPSA) is 41.5 Å². The third-order valence-electron chi connectivity index (χ3n) is 2.06. The summed E-state index contributed by atoms with van der Waals surface area (Å²) >= 11 is 5.37. The first-order valence-electron chi connectivity index (χ1n) is 5.28. The fourth-order valence-electron chi connectivity index (χ4n) is 1.16. The number of aliphatic hydroxyl groups is 1. The van der Waals surface area contributed by atoms with Crippen LogP contribution >= 0.6 is 11.6 Å². The van der Waals surface area contributed by atoms with E-state index in [4.69, 9.17) is 11.6 Å². The van der Waals surface area contributed by atoms with Gasteiger partial charge in [0.15, 0.2) is 0 Å². The van der Waals surface area contributed by atoms with E-state index in [1.54, 1.807) is 0 Å². The van der Waals surface area contributed by atoms with E-state index >= 15 is 0 Å². The number of hydrogen-bond donors (Lipinski definition) is 2. The van der Waals surface area contributed by atoms with Crippen molar-refractivity contribution >= 4 is 17.3 Å². The standard InChI is InChI=1S/C11H12ClF4NO2/c12-5-8(18)6-17-7-2-1-3-9(4-7)19-11(15,16)10(13)14/h1-4,8,10,17-18H,5-6H2. The van der Waals surface area contributed by atoms with E-state index in [1.165, 1.54) is 12.1 Å². The molecule has 2 N–H and O–H groups in total. The predicted octanol–water partition coefficient (Wildman–Crippen LogP) is 2.93. The van der Waals surface area contributed by atoms with Gasteiger partial charge in [-0.2, -0.15) is 17.6 Å². The van der Waals surface area contributed by atoms with Crippen molar-refractivity contribution in [1.82, 2.24) is 0 Å². The molecule has 0 aromatic heterocycles. The highest BCUT2D eigenvalue weighted by molar-refractivity contribution is 6.18. The van der Waals surface area contributed by atoms with Crippen LogP contribution in [0.5, 0.6) is 5.75 Å². The molecule has 8 heteroatoms. The first kappa shape index (κ1) is 15.8. The highest BCUT2D eigenvalue weighted by Gasteiger charge is 2.43. The Kier molecular flexibility index (Phi) is 5.68. The molecule has 1 aromatic rings. The zero-order valence-corrected chi connectivity index (χ0v) is 10.4. The van der Waals surface area contributed by atoms with Crippen LogP contribution in [0.1, 0.15) is 0 Å². The minimum absolute atomic E-state index is 0.00659. The summed E-state index contributed by atoms with van der Waals surface area (Å²) in [5.41, 5.74) is 0.340. The van der Waals surface area contributed by atoms with Gasteiger partial charge in [0.25, 0.3) is 0 Å². The number of anilines is 1. The van der Waals surface area contributed by atoms with Crippen molar-refractivity contribution in [2.75, 3.05) is 17.7 Å². The quantitative estimate of drug-likeness (QED) is 0.601. The molecule has 0 spiro atoms. The molecule has 0 saturated carbocycles. The summed E-state index contributed by atoms with van der Waals surface area (Å²) in [5, 5.41) is 11.9. The zero-order chi connectivity index (χ0) is 14.5. The smallest absolute Gasteiger partial charge is 0.428 e. The number of halogens is 5. The molecule has 0 radical (unpaired) electrons. The predicted molar refractivity (Wildman–Crippen MR) is 63.2 cm³/mol. The number of aliphatic hydroxyl groups excluding tert-OH is 1. The Morgan fingerprint density at radius 1 is 1.37 bits per heavy atom. The third kappa shape index (κ3) is 5.12. The second-order valence-corrected chi connectivity index (χ2v) is 3.99. The van der Waals surface area contributed by atoms with Gasteiger partial charge in [0.05, 0.1) is 12.0 Å². The Morgan fingerprint density at radius 2 is 2.05 bits per heavy atom. The number of nitrogens with one attached hydrogen (secondary N) is 1. The van der Waals surface area contributed by atoms with E-state index in [1.807, 2.05) is 0 Å². The largest absolute Gasteiger partial charge is 0.461 e. The Hall–Kier alpha value is -1.21. The molecule has 1 aromatic carbocycles. The van der Waals surface area contributed by atoms with Gasteiger partial charge in [-0.05, 0) is 12.1 Å². The lowest BCUT2D eigenvalue weighted by Crippen LogP contribution is -2.33. The van der Waals surface area contributed by atoms with E-state index in [0.29, 0.717) is 5.69 Å². The SMILES string of the molecule is OC(CCl)CNc1cccc(OC(F)(F)C(F)F)c1. The van der Waals surface area contributed by atoms with Crippen molar-refractivity contribution in [3.63, 3.8) is 0 Å². The second-order valence-electron chi connectivity index (χ2n) is 3.68. The molecule has 0 aliphatic heterocycles. The van der Waals surface area contributed by atoms with Crippen molar-refractivity contribution in [1.29, 1.82) is 0 Å². The maximum absolute atomic E-state index is 12.7. The van der Waals surface area contributed by atoms with Crippen LogP contribution in [0.25, 0.3) is 0 Å². The second kappa shape index (κ2) is 6.81. The van der Waals surface area contributed by atoms with Crippen LogP contribution in [0.2, 0.25) is 0 Å².